The molecule has 0 aromatic heterocycles. The van der Waals surface area contributed by atoms with Crippen LogP contribution < -0.4 is 5.73 Å². The molecule has 0 aliphatic carbocycles. The van der Waals surface area contributed by atoms with E-state index < -0.39 is 0 Å². The Kier molecular flexibility index (Phi) is 3.24. The first-order valence-electron chi connectivity index (χ1n) is 4.92. The molecule has 0 heterocycles. The molecule has 0 radical (unpaired) electrons. The number of nitrogens with two attached hydrogens (primary N) is 1. The molecule has 0 aliphatic rings. The van der Waals surface area contributed by atoms with Crippen molar-refractivity contribution in [2.75, 3.05) is 5.73 Å². The van der Waals surface area contributed by atoms with Crippen LogP contribution in [0.25, 0.3) is 0 Å². The van der Waals surface area contributed by atoms with Crippen molar-refractivity contribution in [1.29, 1.82) is 0 Å². The second-order valence-corrected chi connectivity index (χ2v) is 4.52. The summed E-state index contributed by atoms with van der Waals surface area (Å²) in [4.78, 5) is 12.1. The zero-order valence-corrected chi connectivity index (χ0v) is 10.4. The molecule has 4 heteroatoms. The Morgan fingerprint density at radius 3 is 2.29 bits per heavy atom. The number of hydrogen-bond acceptors (Lipinski definition) is 2. The lowest BCUT2D eigenvalue weighted by Crippen LogP contribution is -2.02. The summed E-state index contributed by atoms with van der Waals surface area (Å²) in [5, 5.41) is 0. The van der Waals surface area contributed by atoms with Gasteiger partial charge in [-0.05, 0) is 42.5 Å². The molecule has 0 amide bonds. The van der Waals surface area contributed by atoms with Crippen LogP contribution in [0.2, 0.25) is 0 Å². The fourth-order valence-electron chi connectivity index (χ4n) is 1.51. The third-order valence-corrected chi connectivity index (χ3v) is 2.75. The van der Waals surface area contributed by atoms with Crippen molar-refractivity contribution in [2.45, 2.75) is 0 Å². The summed E-state index contributed by atoms with van der Waals surface area (Å²) in [7, 11) is 0. The highest BCUT2D eigenvalue weighted by atomic mass is 79.9. The zero-order valence-electron chi connectivity index (χ0n) is 8.78. The van der Waals surface area contributed by atoms with Gasteiger partial charge in [0.1, 0.15) is 5.82 Å². The second kappa shape index (κ2) is 4.67. The topological polar surface area (TPSA) is 43.1 Å². The summed E-state index contributed by atoms with van der Waals surface area (Å²) in [5.74, 6) is -0.548. The molecule has 2 rings (SSSR count). The van der Waals surface area contributed by atoms with Crippen molar-refractivity contribution in [1.82, 2.24) is 0 Å². The number of nitrogen functional groups attached to an aromatic ring is 1. The number of carbonyl (C=O) groups is 1. The summed E-state index contributed by atoms with van der Waals surface area (Å²) < 4.78 is 13.5. The van der Waals surface area contributed by atoms with Gasteiger partial charge in [-0.3, -0.25) is 4.79 Å². The molecule has 0 atom stereocenters. The smallest absolute Gasteiger partial charge is 0.193 e. The molecule has 0 saturated carbocycles. The summed E-state index contributed by atoms with van der Waals surface area (Å²) >= 11 is 3.27. The Bertz CT molecular complexity index is 546. The Hall–Kier alpha value is -1.68. The number of benzene rings is 2. The standard InChI is InChI=1S/C13H9BrFNO/c14-10-5-9(6-12(16)7-10)13(17)8-1-3-11(15)4-2-8/h1-7H,16H2. The van der Waals surface area contributed by atoms with Crippen LogP contribution in [-0.2, 0) is 0 Å². The van der Waals surface area contributed by atoms with Crippen molar-refractivity contribution in [3.8, 4) is 0 Å². The minimum absolute atomic E-state index is 0.182. The van der Waals surface area contributed by atoms with Gasteiger partial charge in [-0.25, -0.2) is 4.39 Å². The lowest BCUT2D eigenvalue weighted by atomic mass is 10.0. The molecule has 0 bridgehead atoms. The normalized spacial score (nSPS) is 10.2. The van der Waals surface area contributed by atoms with E-state index >= 15 is 0 Å². The largest absolute Gasteiger partial charge is 0.399 e. The van der Waals surface area contributed by atoms with E-state index in [1.807, 2.05) is 0 Å². The fourth-order valence-corrected chi connectivity index (χ4v) is 2.02. The Labute approximate surface area is 106 Å². The predicted octanol–water partition coefficient (Wildman–Crippen LogP) is 3.40. The van der Waals surface area contributed by atoms with Gasteiger partial charge < -0.3 is 5.73 Å². The second-order valence-electron chi connectivity index (χ2n) is 3.61. The summed E-state index contributed by atoms with van der Waals surface area (Å²) in [5.41, 5.74) is 7.07. The van der Waals surface area contributed by atoms with Gasteiger partial charge in [0.05, 0.1) is 0 Å². The molecule has 0 fully saturated rings. The predicted molar refractivity (Wildman–Crippen MR) is 68.4 cm³/mol. The van der Waals surface area contributed by atoms with Crippen LogP contribution in [0.1, 0.15) is 15.9 Å². The molecule has 0 saturated heterocycles. The SMILES string of the molecule is Nc1cc(Br)cc(C(=O)c2ccc(F)cc2)c1. The number of hydrogen-bond donors (Lipinski definition) is 1. The Balaban J connectivity index is 2.40. The summed E-state index contributed by atoms with van der Waals surface area (Å²) in [6.45, 7) is 0. The van der Waals surface area contributed by atoms with Crippen LogP contribution in [0.4, 0.5) is 10.1 Å². The highest BCUT2D eigenvalue weighted by molar-refractivity contribution is 9.10. The van der Waals surface area contributed by atoms with Gasteiger partial charge in [-0.1, -0.05) is 15.9 Å². The molecule has 86 valence electrons. The van der Waals surface area contributed by atoms with E-state index in [1.165, 1.54) is 24.3 Å². The van der Waals surface area contributed by atoms with Crippen molar-refractivity contribution in [3.05, 3.63) is 63.9 Å². The molecule has 0 spiro atoms. The van der Waals surface area contributed by atoms with Crippen LogP contribution in [0.5, 0.6) is 0 Å². The number of halogens is 2. The van der Waals surface area contributed by atoms with E-state index in [0.29, 0.717) is 16.8 Å². The van der Waals surface area contributed by atoms with Crippen LogP contribution in [0.15, 0.2) is 46.9 Å². The van der Waals surface area contributed by atoms with Gasteiger partial charge in [-0.2, -0.15) is 0 Å². The molecule has 2 nitrogen and oxygen atoms in total. The van der Waals surface area contributed by atoms with Crippen LogP contribution in [-0.4, -0.2) is 5.78 Å². The van der Waals surface area contributed by atoms with E-state index in [9.17, 15) is 9.18 Å². The van der Waals surface area contributed by atoms with E-state index in [-0.39, 0.29) is 11.6 Å². The maximum absolute atomic E-state index is 12.7. The lowest BCUT2D eigenvalue weighted by Gasteiger charge is -2.03. The molecule has 17 heavy (non-hydrogen) atoms. The number of ketones is 1. The first-order chi connectivity index (χ1) is 8.06. The molecule has 0 unspecified atom stereocenters. The highest BCUT2D eigenvalue weighted by Gasteiger charge is 2.10. The number of anilines is 1. The summed E-state index contributed by atoms with van der Waals surface area (Å²) in [6.07, 6.45) is 0. The van der Waals surface area contributed by atoms with Crippen LogP contribution in [0, 0.1) is 5.82 Å². The molecular weight excluding hydrogens is 285 g/mol. The first-order valence-corrected chi connectivity index (χ1v) is 5.72. The highest BCUT2D eigenvalue weighted by Crippen LogP contribution is 2.20. The Morgan fingerprint density at radius 2 is 1.71 bits per heavy atom. The van der Waals surface area contributed by atoms with E-state index in [2.05, 4.69) is 15.9 Å². The summed E-state index contributed by atoms with van der Waals surface area (Å²) in [6, 6.07) is 10.4. The first kappa shape index (κ1) is 11.8. The third kappa shape index (κ3) is 2.71. The minimum atomic E-state index is -0.365. The molecule has 2 aromatic rings. The molecule has 0 aliphatic heterocycles. The van der Waals surface area contributed by atoms with Gasteiger partial charge in [0.2, 0.25) is 0 Å². The van der Waals surface area contributed by atoms with Gasteiger partial charge in [0.15, 0.2) is 5.78 Å². The van der Waals surface area contributed by atoms with Crippen molar-refractivity contribution >= 4 is 27.4 Å². The van der Waals surface area contributed by atoms with Crippen molar-refractivity contribution in [2.24, 2.45) is 0 Å². The maximum atomic E-state index is 12.7. The lowest BCUT2D eigenvalue weighted by molar-refractivity contribution is 0.103. The molecule has 2 aromatic carbocycles. The van der Waals surface area contributed by atoms with E-state index in [4.69, 9.17) is 5.73 Å². The quantitative estimate of drug-likeness (QED) is 0.681. The van der Waals surface area contributed by atoms with Crippen LogP contribution in [0.3, 0.4) is 0 Å². The van der Waals surface area contributed by atoms with Gasteiger partial charge in [-0.15, -0.1) is 0 Å². The van der Waals surface area contributed by atoms with E-state index in [0.717, 1.165) is 4.47 Å². The monoisotopic (exact) mass is 293 g/mol. The fraction of sp³-hybridized carbons (Fsp3) is 0. The van der Waals surface area contributed by atoms with Crippen LogP contribution >= 0.6 is 15.9 Å². The van der Waals surface area contributed by atoms with Gasteiger partial charge in [0.25, 0.3) is 0 Å². The maximum Gasteiger partial charge on any atom is 0.193 e. The van der Waals surface area contributed by atoms with Crippen molar-refractivity contribution in [3.63, 3.8) is 0 Å². The average Bonchev–Trinajstić information content (AvgIpc) is 2.28. The minimum Gasteiger partial charge on any atom is -0.399 e. The molecule has 2 N–H and O–H groups in total. The number of rotatable bonds is 2. The third-order valence-electron chi connectivity index (χ3n) is 2.29. The zero-order chi connectivity index (χ0) is 12.4. The average molecular weight is 294 g/mol. The van der Waals surface area contributed by atoms with Gasteiger partial charge >= 0.3 is 0 Å². The van der Waals surface area contributed by atoms with E-state index in [1.54, 1.807) is 18.2 Å². The number of carbonyl (C=O) groups excluding carboxylic acids is 1. The van der Waals surface area contributed by atoms with Crippen molar-refractivity contribution < 1.29 is 9.18 Å². The van der Waals surface area contributed by atoms with Gasteiger partial charge in [0, 0.05) is 21.3 Å². The molecular formula is C13H9BrFNO. The Morgan fingerprint density at radius 1 is 1.06 bits per heavy atom.